The van der Waals surface area contributed by atoms with Gasteiger partial charge in [0.2, 0.25) is 0 Å². The van der Waals surface area contributed by atoms with E-state index in [1.165, 1.54) is 0 Å². The number of aliphatic hydroxyl groups is 1. The molecule has 2 atom stereocenters. The summed E-state index contributed by atoms with van der Waals surface area (Å²) in [4.78, 5) is 8.94. The van der Waals surface area contributed by atoms with Crippen LogP contribution in [0.25, 0.3) is 0 Å². The van der Waals surface area contributed by atoms with Crippen LogP contribution in [0, 0.1) is 0 Å². The van der Waals surface area contributed by atoms with Gasteiger partial charge in [0.25, 0.3) is 0 Å². The highest BCUT2D eigenvalue weighted by Crippen LogP contribution is 2.15. The second-order valence-corrected chi connectivity index (χ2v) is 6.20. The molecule has 0 aliphatic carbocycles. The molecule has 2 rings (SSSR count). The van der Waals surface area contributed by atoms with Crippen LogP contribution in [0.3, 0.4) is 0 Å². The average molecular weight is 281 g/mol. The zero-order chi connectivity index (χ0) is 14.7. The van der Waals surface area contributed by atoms with Crippen molar-refractivity contribution in [3.63, 3.8) is 0 Å². The minimum atomic E-state index is -0.365. The lowest BCUT2D eigenvalue weighted by molar-refractivity contribution is 0.0626. The first-order chi connectivity index (χ1) is 9.47. The molecule has 1 saturated heterocycles. The van der Waals surface area contributed by atoms with Crippen LogP contribution >= 0.6 is 0 Å². The van der Waals surface area contributed by atoms with Crippen LogP contribution in [0.1, 0.15) is 32.1 Å². The van der Waals surface area contributed by atoms with Gasteiger partial charge in [-0.1, -0.05) is 0 Å². The zero-order valence-corrected chi connectivity index (χ0v) is 13.0. The van der Waals surface area contributed by atoms with Gasteiger partial charge < -0.3 is 14.9 Å². The Morgan fingerprint density at radius 3 is 2.80 bits per heavy atom. The summed E-state index contributed by atoms with van der Waals surface area (Å²) in [5.74, 6) is 0.874. The maximum atomic E-state index is 10.4. The Morgan fingerprint density at radius 2 is 2.10 bits per heavy atom. The number of nitrogens with zero attached hydrogens (tertiary/aromatic N) is 5. The van der Waals surface area contributed by atoms with Gasteiger partial charge in [-0.15, -0.1) is 0 Å². The van der Waals surface area contributed by atoms with Crippen LogP contribution < -0.4 is 0 Å². The van der Waals surface area contributed by atoms with E-state index in [0.29, 0.717) is 12.5 Å². The Hall–Kier alpha value is -0.980. The summed E-state index contributed by atoms with van der Waals surface area (Å²) < 4.78 is 1.89. The molecule has 1 N–H and O–H groups in total. The van der Waals surface area contributed by atoms with Crippen molar-refractivity contribution in [2.75, 3.05) is 33.7 Å². The second kappa shape index (κ2) is 6.65. The molecule has 0 aromatic carbocycles. The SMILES string of the molecule is CC(C)n1ncnc1CC(O)CC1CN(C)CCN1C. The predicted molar refractivity (Wildman–Crippen MR) is 78.6 cm³/mol. The summed E-state index contributed by atoms with van der Waals surface area (Å²) in [5.41, 5.74) is 0. The maximum absolute atomic E-state index is 10.4. The van der Waals surface area contributed by atoms with Crippen molar-refractivity contribution in [1.82, 2.24) is 24.6 Å². The minimum Gasteiger partial charge on any atom is -0.393 e. The van der Waals surface area contributed by atoms with Crippen LogP contribution in [-0.2, 0) is 6.42 Å². The molecule has 1 aromatic heterocycles. The fourth-order valence-electron chi connectivity index (χ4n) is 2.82. The van der Waals surface area contributed by atoms with Crippen molar-refractivity contribution < 1.29 is 5.11 Å². The van der Waals surface area contributed by atoms with Crippen molar-refractivity contribution in [3.8, 4) is 0 Å². The third kappa shape index (κ3) is 3.77. The van der Waals surface area contributed by atoms with E-state index in [9.17, 15) is 5.11 Å². The number of rotatable bonds is 5. The summed E-state index contributed by atoms with van der Waals surface area (Å²) in [6.07, 6.45) is 2.57. The first-order valence-corrected chi connectivity index (χ1v) is 7.42. The van der Waals surface area contributed by atoms with E-state index in [4.69, 9.17) is 0 Å². The van der Waals surface area contributed by atoms with Crippen molar-refractivity contribution in [2.45, 2.75) is 44.9 Å². The van der Waals surface area contributed by atoms with Crippen LogP contribution in [0.15, 0.2) is 6.33 Å². The van der Waals surface area contributed by atoms with Gasteiger partial charge in [-0.3, -0.25) is 0 Å². The molecule has 0 spiro atoms. The van der Waals surface area contributed by atoms with Crippen LogP contribution in [0.4, 0.5) is 0 Å². The highest BCUT2D eigenvalue weighted by molar-refractivity contribution is 4.91. The van der Waals surface area contributed by atoms with Crippen molar-refractivity contribution in [3.05, 3.63) is 12.2 Å². The van der Waals surface area contributed by atoms with Gasteiger partial charge >= 0.3 is 0 Å². The fraction of sp³-hybridized carbons (Fsp3) is 0.857. The monoisotopic (exact) mass is 281 g/mol. The van der Waals surface area contributed by atoms with Gasteiger partial charge in [-0.2, -0.15) is 5.10 Å². The lowest BCUT2D eigenvalue weighted by atomic mass is 10.0. The van der Waals surface area contributed by atoms with Crippen LogP contribution in [0.5, 0.6) is 0 Å². The molecule has 0 amide bonds. The van der Waals surface area contributed by atoms with E-state index in [1.807, 2.05) is 4.68 Å². The molecule has 0 radical (unpaired) electrons. The largest absolute Gasteiger partial charge is 0.393 e. The smallest absolute Gasteiger partial charge is 0.138 e. The number of aliphatic hydroxyl groups excluding tert-OH is 1. The van der Waals surface area contributed by atoms with E-state index in [1.54, 1.807) is 6.33 Å². The molecule has 2 unspecified atom stereocenters. The molecule has 2 heterocycles. The lowest BCUT2D eigenvalue weighted by Crippen LogP contribution is -2.51. The molecule has 1 aromatic rings. The molecule has 114 valence electrons. The zero-order valence-electron chi connectivity index (χ0n) is 13.0. The Bertz CT molecular complexity index is 419. The summed E-state index contributed by atoms with van der Waals surface area (Å²) in [6.45, 7) is 7.34. The maximum Gasteiger partial charge on any atom is 0.138 e. The van der Waals surface area contributed by atoms with E-state index >= 15 is 0 Å². The van der Waals surface area contributed by atoms with Gasteiger partial charge in [0.15, 0.2) is 0 Å². The average Bonchev–Trinajstić information content (AvgIpc) is 2.82. The van der Waals surface area contributed by atoms with Gasteiger partial charge in [0, 0.05) is 38.1 Å². The van der Waals surface area contributed by atoms with E-state index in [2.05, 4.69) is 47.8 Å². The highest BCUT2D eigenvalue weighted by Gasteiger charge is 2.25. The highest BCUT2D eigenvalue weighted by atomic mass is 16.3. The summed E-state index contributed by atoms with van der Waals surface area (Å²) >= 11 is 0. The van der Waals surface area contributed by atoms with Crippen molar-refractivity contribution >= 4 is 0 Å². The van der Waals surface area contributed by atoms with Gasteiger partial charge in [-0.05, 0) is 34.4 Å². The molecule has 0 saturated carbocycles. The van der Waals surface area contributed by atoms with Crippen LogP contribution in [-0.4, -0.2) is 75.5 Å². The predicted octanol–water partition coefficient (Wildman–Crippen LogP) is 0.398. The molecule has 1 aliphatic heterocycles. The van der Waals surface area contributed by atoms with E-state index < -0.39 is 0 Å². The topological polar surface area (TPSA) is 57.4 Å². The lowest BCUT2D eigenvalue weighted by Gasteiger charge is -2.38. The molecule has 1 aliphatic rings. The summed E-state index contributed by atoms with van der Waals surface area (Å²) in [7, 11) is 4.28. The molecule has 20 heavy (non-hydrogen) atoms. The number of likely N-dealkylation sites (N-methyl/N-ethyl adjacent to an activating group) is 2. The number of aromatic nitrogens is 3. The Balaban J connectivity index is 1.91. The molecule has 0 bridgehead atoms. The molecule has 6 heteroatoms. The molecular weight excluding hydrogens is 254 g/mol. The number of hydrogen-bond acceptors (Lipinski definition) is 5. The number of piperazine rings is 1. The summed E-state index contributed by atoms with van der Waals surface area (Å²) in [6, 6.07) is 0.697. The quantitative estimate of drug-likeness (QED) is 0.846. The third-order valence-corrected chi connectivity index (χ3v) is 4.08. The Kier molecular flexibility index (Phi) is 5.12. The Morgan fingerprint density at radius 1 is 1.35 bits per heavy atom. The first-order valence-electron chi connectivity index (χ1n) is 7.42. The molecule has 6 nitrogen and oxygen atoms in total. The summed E-state index contributed by atoms with van der Waals surface area (Å²) in [5, 5.41) is 14.6. The van der Waals surface area contributed by atoms with Crippen molar-refractivity contribution in [2.24, 2.45) is 0 Å². The van der Waals surface area contributed by atoms with Gasteiger partial charge in [0.05, 0.1) is 6.10 Å². The van der Waals surface area contributed by atoms with Gasteiger partial charge in [-0.25, -0.2) is 9.67 Å². The van der Waals surface area contributed by atoms with E-state index in [-0.39, 0.29) is 12.1 Å². The third-order valence-electron chi connectivity index (χ3n) is 4.08. The van der Waals surface area contributed by atoms with Gasteiger partial charge in [0.1, 0.15) is 12.2 Å². The standard InChI is InChI=1S/C14H27N5O/c1-11(2)19-14(15-10-16-19)8-13(20)7-12-9-17(3)5-6-18(12)4/h10-13,20H,5-9H2,1-4H3. The first kappa shape index (κ1) is 15.4. The second-order valence-electron chi connectivity index (χ2n) is 6.20. The van der Waals surface area contributed by atoms with Crippen molar-refractivity contribution in [1.29, 1.82) is 0 Å². The Labute approximate surface area is 121 Å². The van der Waals surface area contributed by atoms with E-state index in [0.717, 1.165) is 31.9 Å². The molecule has 1 fully saturated rings. The van der Waals surface area contributed by atoms with Crippen LogP contribution in [0.2, 0.25) is 0 Å². The number of hydrogen-bond donors (Lipinski definition) is 1. The minimum absolute atomic E-state index is 0.281. The normalized spacial score (nSPS) is 23.4. The molecular formula is C14H27N5O. The fourth-order valence-corrected chi connectivity index (χ4v) is 2.82.